The number of rotatable bonds is 3. The Bertz CT molecular complexity index is 877. The van der Waals surface area contributed by atoms with E-state index in [1.54, 1.807) is 12.4 Å². The van der Waals surface area contributed by atoms with E-state index in [0.717, 1.165) is 24.2 Å². The van der Waals surface area contributed by atoms with E-state index in [9.17, 15) is 9.59 Å². The molecule has 1 fully saturated rings. The third-order valence-electron chi connectivity index (χ3n) is 5.28. The standard InChI is InChI=1S/C19H23N5O2/c1-22(2)11-18(25)23-8-13-5-14(10-23)17-4-3-16(19(26)24(17)9-13)15-6-20-12-21-7-15/h3-4,6-7,12-14H,5,8-11H2,1-2H3. The topological polar surface area (TPSA) is 71.3 Å². The van der Waals surface area contributed by atoms with Crippen molar-refractivity contribution in [2.45, 2.75) is 18.9 Å². The Balaban J connectivity index is 1.65. The van der Waals surface area contributed by atoms with Gasteiger partial charge in [0.1, 0.15) is 6.33 Å². The average Bonchev–Trinajstić information content (AvgIpc) is 2.62. The summed E-state index contributed by atoms with van der Waals surface area (Å²) in [5, 5.41) is 0. The fraction of sp³-hybridized carbons (Fsp3) is 0.474. The number of likely N-dealkylation sites (tertiary alicyclic amines) is 1. The van der Waals surface area contributed by atoms with Crippen LogP contribution in [0.25, 0.3) is 11.1 Å². The van der Waals surface area contributed by atoms with E-state index in [1.807, 2.05) is 40.6 Å². The largest absolute Gasteiger partial charge is 0.341 e. The fourth-order valence-electron chi connectivity index (χ4n) is 4.18. The van der Waals surface area contributed by atoms with Crippen LogP contribution < -0.4 is 5.56 Å². The van der Waals surface area contributed by atoms with Crippen LogP contribution in [0.15, 0.2) is 35.6 Å². The molecule has 26 heavy (non-hydrogen) atoms. The molecular formula is C19H23N5O2. The Morgan fingerprint density at radius 2 is 1.96 bits per heavy atom. The maximum atomic E-state index is 13.0. The molecule has 7 heteroatoms. The summed E-state index contributed by atoms with van der Waals surface area (Å²) in [4.78, 5) is 37.4. The molecule has 1 saturated heterocycles. The number of fused-ring (bicyclic) bond motifs is 4. The second-order valence-corrected chi connectivity index (χ2v) is 7.55. The number of carbonyl (C=O) groups excluding carboxylic acids is 1. The Kier molecular flexibility index (Phi) is 4.32. The Labute approximate surface area is 152 Å². The smallest absolute Gasteiger partial charge is 0.258 e. The van der Waals surface area contributed by atoms with Crippen LogP contribution in [-0.4, -0.2) is 64.0 Å². The number of aromatic nitrogens is 3. The number of carbonyl (C=O) groups is 1. The zero-order valence-electron chi connectivity index (χ0n) is 15.1. The summed E-state index contributed by atoms with van der Waals surface area (Å²) in [5.41, 5.74) is 2.43. The highest BCUT2D eigenvalue weighted by atomic mass is 16.2. The molecule has 2 unspecified atom stereocenters. The first-order chi connectivity index (χ1) is 12.5. The molecule has 4 heterocycles. The average molecular weight is 353 g/mol. The lowest BCUT2D eigenvalue weighted by Crippen LogP contribution is -2.51. The van der Waals surface area contributed by atoms with Crippen molar-refractivity contribution in [3.8, 4) is 11.1 Å². The van der Waals surface area contributed by atoms with Crippen LogP contribution >= 0.6 is 0 Å². The lowest BCUT2D eigenvalue weighted by Gasteiger charge is -2.43. The third kappa shape index (κ3) is 3.03. The van der Waals surface area contributed by atoms with Crippen molar-refractivity contribution < 1.29 is 4.79 Å². The number of nitrogens with zero attached hydrogens (tertiary/aromatic N) is 5. The first kappa shape index (κ1) is 16.9. The van der Waals surface area contributed by atoms with E-state index in [4.69, 9.17) is 0 Å². The summed E-state index contributed by atoms with van der Waals surface area (Å²) in [6.45, 7) is 2.52. The van der Waals surface area contributed by atoms with Crippen molar-refractivity contribution in [2.24, 2.45) is 5.92 Å². The number of piperidine rings is 1. The minimum Gasteiger partial charge on any atom is -0.341 e. The molecule has 2 aromatic rings. The van der Waals surface area contributed by atoms with Crippen LogP contribution in [0.1, 0.15) is 18.0 Å². The summed E-state index contributed by atoms with van der Waals surface area (Å²) < 4.78 is 1.90. The van der Waals surface area contributed by atoms with E-state index in [2.05, 4.69) is 9.97 Å². The first-order valence-electron chi connectivity index (χ1n) is 8.94. The molecule has 2 aliphatic heterocycles. The number of hydrogen-bond acceptors (Lipinski definition) is 5. The van der Waals surface area contributed by atoms with Crippen molar-refractivity contribution in [3.63, 3.8) is 0 Å². The van der Waals surface area contributed by atoms with Gasteiger partial charge in [0.2, 0.25) is 5.91 Å². The number of hydrogen-bond donors (Lipinski definition) is 0. The minimum absolute atomic E-state index is 0.0140. The molecule has 0 aromatic carbocycles. The molecule has 0 aliphatic carbocycles. The molecule has 2 atom stereocenters. The van der Waals surface area contributed by atoms with Gasteiger partial charge >= 0.3 is 0 Å². The highest BCUT2D eigenvalue weighted by molar-refractivity contribution is 5.78. The van der Waals surface area contributed by atoms with Crippen LogP contribution in [0, 0.1) is 5.92 Å². The van der Waals surface area contributed by atoms with Gasteiger partial charge in [-0.15, -0.1) is 0 Å². The predicted octanol–water partition coefficient (Wildman–Crippen LogP) is 0.813. The molecule has 2 bridgehead atoms. The summed E-state index contributed by atoms with van der Waals surface area (Å²) in [6.07, 6.45) is 5.84. The fourth-order valence-corrected chi connectivity index (χ4v) is 4.18. The highest BCUT2D eigenvalue weighted by Crippen LogP contribution is 2.35. The van der Waals surface area contributed by atoms with Gasteiger partial charge in [-0.1, -0.05) is 0 Å². The monoisotopic (exact) mass is 353 g/mol. The Morgan fingerprint density at radius 1 is 1.19 bits per heavy atom. The van der Waals surface area contributed by atoms with E-state index >= 15 is 0 Å². The molecule has 2 aliphatic rings. The van der Waals surface area contributed by atoms with Crippen molar-refractivity contribution in [1.82, 2.24) is 24.3 Å². The van der Waals surface area contributed by atoms with Gasteiger partial charge < -0.3 is 14.4 Å². The zero-order chi connectivity index (χ0) is 18.3. The van der Waals surface area contributed by atoms with Crippen molar-refractivity contribution in [3.05, 3.63) is 46.9 Å². The molecule has 0 spiro atoms. The third-order valence-corrected chi connectivity index (χ3v) is 5.28. The van der Waals surface area contributed by atoms with Gasteiger partial charge in [-0.2, -0.15) is 0 Å². The molecule has 2 aromatic heterocycles. The summed E-state index contributed by atoms with van der Waals surface area (Å²) in [7, 11) is 3.82. The quantitative estimate of drug-likeness (QED) is 0.817. The van der Waals surface area contributed by atoms with E-state index in [0.29, 0.717) is 31.1 Å². The summed E-state index contributed by atoms with van der Waals surface area (Å²) in [5.74, 6) is 0.716. The van der Waals surface area contributed by atoms with Gasteiger partial charge in [0.05, 0.1) is 12.1 Å². The molecule has 136 valence electrons. The SMILES string of the molecule is CN(C)CC(=O)N1CC2CC(C1)c1ccc(-c3cncnc3)c(=O)n1C2. The maximum absolute atomic E-state index is 13.0. The maximum Gasteiger partial charge on any atom is 0.258 e. The zero-order valence-corrected chi connectivity index (χ0v) is 15.1. The van der Waals surface area contributed by atoms with Gasteiger partial charge in [-0.05, 0) is 38.6 Å². The molecule has 0 radical (unpaired) electrons. The van der Waals surface area contributed by atoms with Crippen molar-refractivity contribution in [1.29, 1.82) is 0 Å². The van der Waals surface area contributed by atoms with Crippen LogP contribution in [0.3, 0.4) is 0 Å². The molecule has 7 nitrogen and oxygen atoms in total. The van der Waals surface area contributed by atoms with E-state index in [-0.39, 0.29) is 17.4 Å². The van der Waals surface area contributed by atoms with Crippen LogP contribution in [-0.2, 0) is 11.3 Å². The highest BCUT2D eigenvalue weighted by Gasteiger charge is 2.36. The van der Waals surface area contributed by atoms with Crippen LogP contribution in [0.5, 0.6) is 0 Å². The predicted molar refractivity (Wildman–Crippen MR) is 97.7 cm³/mol. The second kappa shape index (κ2) is 6.64. The summed E-state index contributed by atoms with van der Waals surface area (Å²) >= 11 is 0. The van der Waals surface area contributed by atoms with Crippen molar-refractivity contribution in [2.75, 3.05) is 33.7 Å². The van der Waals surface area contributed by atoms with Gasteiger partial charge in [-0.25, -0.2) is 9.97 Å². The van der Waals surface area contributed by atoms with Crippen LogP contribution in [0.4, 0.5) is 0 Å². The molecule has 0 N–H and O–H groups in total. The number of likely N-dealkylation sites (N-methyl/N-ethyl adjacent to an activating group) is 1. The Hall–Kier alpha value is -2.54. The van der Waals surface area contributed by atoms with Gasteiger partial charge in [-0.3, -0.25) is 9.59 Å². The van der Waals surface area contributed by atoms with Gasteiger partial charge in [0, 0.05) is 49.2 Å². The Morgan fingerprint density at radius 3 is 2.69 bits per heavy atom. The normalized spacial score (nSPS) is 21.6. The lowest BCUT2D eigenvalue weighted by atomic mass is 9.82. The molecular weight excluding hydrogens is 330 g/mol. The van der Waals surface area contributed by atoms with Crippen molar-refractivity contribution >= 4 is 5.91 Å². The van der Waals surface area contributed by atoms with E-state index < -0.39 is 0 Å². The first-order valence-corrected chi connectivity index (χ1v) is 8.94. The van der Waals surface area contributed by atoms with Crippen LogP contribution in [0.2, 0.25) is 0 Å². The van der Waals surface area contributed by atoms with E-state index in [1.165, 1.54) is 6.33 Å². The number of amides is 1. The molecule has 1 amide bonds. The molecule has 4 rings (SSSR count). The number of pyridine rings is 1. The minimum atomic E-state index is 0.0140. The lowest BCUT2D eigenvalue weighted by molar-refractivity contribution is -0.134. The van der Waals surface area contributed by atoms with Gasteiger partial charge in [0.15, 0.2) is 0 Å². The molecule has 0 saturated carbocycles. The second-order valence-electron chi connectivity index (χ2n) is 7.55. The van der Waals surface area contributed by atoms with Gasteiger partial charge in [0.25, 0.3) is 5.56 Å². The summed E-state index contributed by atoms with van der Waals surface area (Å²) in [6, 6.07) is 3.90.